The minimum absolute atomic E-state index is 0.0173. The van der Waals surface area contributed by atoms with Crippen molar-refractivity contribution >= 4 is 36.1 Å². The van der Waals surface area contributed by atoms with Gasteiger partial charge in [-0.2, -0.15) is 0 Å². The van der Waals surface area contributed by atoms with Gasteiger partial charge in [-0.05, 0) is 39.8 Å². The number of rotatable bonds is 16. The van der Waals surface area contributed by atoms with Crippen molar-refractivity contribution in [2.45, 2.75) is 39.5 Å². The monoisotopic (exact) mass is 724 g/mol. The zero-order chi connectivity index (χ0) is 38.0. The Morgan fingerprint density at radius 1 is 0.673 bits per heavy atom. The van der Waals surface area contributed by atoms with Gasteiger partial charge in [0.25, 0.3) is 0 Å². The highest BCUT2D eigenvalue weighted by Crippen LogP contribution is 2.55. The lowest BCUT2D eigenvalue weighted by atomic mass is 9.70. The van der Waals surface area contributed by atoms with Crippen molar-refractivity contribution in [2.24, 2.45) is 0 Å². The molecule has 2 aromatic carbocycles. The van der Waals surface area contributed by atoms with Gasteiger partial charge in [0.15, 0.2) is 0 Å². The molecule has 16 heteroatoms. The maximum atomic E-state index is 13.6. The number of benzene rings is 2. The molecule has 2 amide bonds. The van der Waals surface area contributed by atoms with Crippen molar-refractivity contribution in [1.29, 1.82) is 0 Å². The number of carbonyl (C=O) groups is 6. The van der Waals surface area contributed by atoms with Gasteiger partial charge in [0.05, 0.1) is 19.5 Å². The van der Waals surface area contributed by atoms with Crippen LogP contribution in [-0.2, 0) is 43.5 Å². The van der Waals surface area contributed by atoms with Crippen LogP contribution in [0.5, 0.6) is 23.0 Å². The minimum atomic E-state index is -1.48. The molecule has 278 valence electrons. The van der Waals surface area contributed by atoms with E-state index in [-0.39, 0.29) is 81.8 Å². The van der Waals surface area contributed by atoms with Gasteiger partial charge in [-0.25, -0.2) is 19.2 Å². The van der Waals surface area contributed by atoms with E-state index in [4.69, 9.17) is 37.9 Å². The number of carbonyl (C=O) groups excluding carboxylic acids is 6. The summed E-state index contributed by atoms with van der Waals surface area (Å²) in [6.45, 7) is 13.1. The summed E-state index contributed by atoms with van der Waals surface area (Å²) in [4.78, 5) is 73.2. The van der Waals surface area contributed by atoms with E-state index in [9.17, 15) is 28.8 Å². The summed E-state index contributed by atoms with van der Waals surface area (Å²) in [5, 5.41) is 4.89. The second kappa shape index (κ2) is 17.2. The third-order valence-electron chi connectivity index (χ3n) is 7.85. The van der Waals surface area contributed by atoms with Crippen LogP contribution in [0.4, 0.5) is 9.59 Å². The van der Waals surface area contributed by atoms with Crippen molar-refractivity contribution in [1.82, 2.24) is 10.6 Å². The van der Waals surface area contributed by atoms with Gasteiger partial charge in [-0.3, -0.25) is 9.59 Å². The third kappa shape index (κ3) is 8.99. The van der Waals surface area contributed by atoms with Crippen molar-refractivity contribution in [3.63, 3.8) is 0 Å². The molecule has 0 fully saturated rings. The first kappa shape index (κ1) is 38.7. The van der Waals surface area contributed by atoms with Gasteiger partial charge in [0, 0.05) is 33.4 Å². The number of amides is 2. The Balaban J connectivity index is 1.34. The van der Waals surface area contributed by atoms with E-state index in [2.05, 4.69) is 23.8 Å². The molecule has 16 nitrogen and oxygen atoms in total. The maximum absolute atomic E-state index is 13.6. The highest BCUT2D eigenvalue weighted by molar-refractivity contribution is 6.01. The number of hydrogen-bond acceptors (Lipinski definition) is 14. The lowest BCUT2D eigenvalue weighted by Crippen LogP contribution is -2.42. The molecule has 0 aromatic heterocycles. The fraction of sp³-hybridized carbons (Fsp3) is 0.389. The molecule has 0 aliphatic carbocycles. The van der Waals surface area contributed by atoms with Gasteiger partial charge in [-0.15, -0.1) is 0 Å². The molecule has 2 N–H and O–H groups in total. The van der Waals surface area contributed by atoms with Crippen LogP contribution in [0.2, 0.25) is 0 Å². The summed E-state index contributed by atoms with van der Waals surface area (Å²) < 4.78 is 42.9. The fourth-order valence-corrected chi connectivity index (χ4v) is 5.28. The molecule has 0 radical (unpaired) electrons. The third-order valence-corrected chi connectivity index (χ3v) is 7.85. The second-order valence-electron chi connectivity index (χ2n) is 11.7. The average molecular weight is 725 g/mol. The van der Waals surface area contributed by atoms with Crippen LogP contribution < -0.4 is 29.6 Å². The molecule has 0 saturated carbocycles. The van der Waals surface area contributed by atoms with Crippen LogP contribution in [0.15, 0.2) is 48.6 Å². The topological polar surface area (TPSA) is 200 Å². The van der Waals surface area contributed by atoms with Crippen LogP contribution in [0.3, 0.4) is 0 Å². The van der Waals surface area contributed by atoms with E-state index in [1.165, 1.54) is 13.8 Å². The fourth-order valence-electron chi connectivity index (χ4n) is 5.28. The van der Waals surface area contributed by atoms with Crippen LogP contribution >= 0.6 is 0 Å². The summed E-state index contributed by atoms with van der Waals surface area (Å²) in [5.74, 6) is -1.31. The quantitative estimate of drug-likeness (QED) is 0.0840. The number of fused-ring (bicyclic) bond motifs is 4. The minimum Gasteiger partial charge on any atom is -0.490 e. The number of nitrogens with one attached hydrogen (secondary N) is 2. The largest absolute Gasteiger partial charge is 0.490 e. The standard InChI is InChI=1S/C36H40N2O14/c1-20(2)31(40)47-13-11-37-34(43)49-17-15-45-26-9-7-24-29(22(26)5)51-28(39)19-36(24)25-8-10-27(23(6)30(25)52-33(36)42)46-16-18-50-35(44)38-12-14-48-32(41)21(3)4/h7-10H,1,3,11-19H2,2,4-6H3,(H,37,43)(H,38,44). The summed E-state index contributed by atoms with van der Waals surface area (Å²) in [6, 6.07) is 6.55. The SMILES string of the molecule is C=C(C)C(=O)OCCNC(=O)OCCOc1ccc2c(c1C)OC(=O)CC21C(=O)Oc2c1ccc(OCCOC(=O)NCCOC(=O)C(=C)C)c2C. The van der Waals surface area contributed by atoms with E-state index in [1.807, 2.05) is 0 Å². The molecule has 0 saturated heterocycles. The first-order valence-corrected chi connectivity index (χ1v) is 16.2. The maximum Gasteiger partial charge on any atom is 0.407 e. The molecule has 2 heterocycles. The van der Waals surface area contributed by atoms with Crippen LogP contribution in [0.1, 0.15) is 42.5 Å². The summed E-state index contributed by atoms with van der Waals surface area (Å²) in [7, 11) is 0. The zero-order valence-corrected chi connectivity index (χ0v) is 29.3. The Bertz CT molecular complexity index is 1780. The Kier molecular flexibility index (Phi) is 12.8. The first-order chi connectivity index (χ1) is 24.8. The second-order valence-corrected chi connectivity index (χ2v) is 11.7. The predicted octanol–water partition coefficient (Wildman–Crippen LogP) is 3.27. The van der Waals surface area contributed by atoms with Gasteiger partial charge in [-0.1, -0.05) is 25.3 Å². The Morgan fingerprint density at radius 3 is 1.56 bits per heavy atom. The molecule has 1 atom stereocenters. The van der Waals surface area contributed by atoms with Gasteiger partial charge in [0.2, 0.25) is 0 Å². The molecular formula is C36H40N2O14. The molecule has 52 heavy (non-hydrogen) atoms. The van der Waals surface area contributed by atoms with Crippen molar-refractivity contribution in [2.75, 3.05) is 52.7 Å². The average Bonchev–Trinajstić information content (AvgIpc) is 3.37. The molecule has 4 rings (SSSR count). The van der Waals surface area contributed by atoms with Gasteiger partial charge >= 0.3 is 36.1 Å². The van der Waals surface area contributed by atoms with Crippen LogP contribution in [-0.4, -0.2) is 88.8 Å². The van der Waals surface area contributed by atoms with Crippen molar-refractivity contribution < 1.29 is 66.7 Å². The van der Waals surface area contributed by atoms with Crippen LogP contribution in [0.25, 0.3) is 0 Å². The normalized spacial score (nSPS) is 15.2. The molecule has 1 unspecified atom stereocenters. The Morgan fingerprint density at radius 2 is 1.12 bits per heavy atom. The van der Waals surface area contributed by atoms with E-state index in [0.29, 0.717) is 33.8 Å². The Hall–Kier alpha value is -6.06. The van der Waals surface area contributed by atoms with Crippen molar-refractivity contribution in [3.05, 3.63) is 70.8 Å². The molecule has 2 aliphatic rings. The summed E-state index contributed by atoms with van der Waals surface area (Å²) >= 11 is 0. The molecular weight excluding hydrogens is 684 g/mol. The molecule has 2 aromatic rings. The molecule has 0 bridgehead atoms. The number of esters is 4. The van der Waals surface area contributed by atoms with Gasteiger partial charge < -0.3 is 48.5 Å². The summed E-state index contributed by atoms with van der Waals surface area (Å²) in [5.41, 5.74) is 0.845. The van der Waals surface area contributed by atoms with Crippen LogP contribution in [0, 0.1) is 13.8 Å². The smallest absolute Gasteiger partial charge is 0.407 e. The zero-order valence-electron chi connectivity index (χ0n) is 29.3. The van der Waals surface area contributed by atoms with Gasteiger partial charge in [0.1, 0.15) is 68.1 Å². The predicted molar refractivity (Wildman–Crippen MR) is 180 cm³/mol. The first-order valence-electron chi connectivity index (χ1n) is 16.2. The number of ether oxygens (including phenoxy) is 8. The Labute approximate surface area is 299 Å². The van der Waals surface area contributed by atoms with Crippen molar-refractivity contribution in [3.8, 4) is 23.0 Å². The lowest BCUT2D eigenvalue weighted by molar-refractivity contribution is -0.145. The van der Waals surface area contributed by atoms with E-state index in [0.717, 1.165) is 0 Å². The highest BCUT2D eigenvalue weighted by atomic mass is 16.6. The lowest BCUT2D eigenvalue weighted by Gasteiger charge is -2.32. The summed E-state index contributed by atoms with van der Waals surface area (Å²) in [6.07, 6.45) is -1.75. The molecule has 1 spiro atoms. The highest BCUT2D eigenvalue weighted by Gasteiger charge is 2.57. The van der Waals surface area contributed by atoms with E-state index < -0.39 is 41.5 Å². The molecule has 2 aliphatic heterocycles. The van der Waals surface area contributed by atoms with E-state index in [1.54, 1.807) is 38.1 Å². The van der Waals surface area contributed by atoms with E-state index >= 15 is 0 Å². The number of alkyl carbamates (subject to hydrolysis) is 2. The number of hydrogen-bond donors (Lipinski definition) is 2.